The Kier molecular flexibility index (Phi) is 5.34. The van der Waals surface area contributed by atoms with Gasteiger partial charge in [-0.05, 0) is 29.8 Å². The molecule has 142 valence electrons. The Labute approximate surface area is 145 Å². The van der Waals surface area contributed by atoms with E-state index < -0.39 is 44.4 Å². The van der Waals surface area contributed by atoms with Gasteiger partial charge in [-0.1, -0.05) is 12.1 Å². The molecule has 0 saturated carbocycles. The van der Waals surface area contributed by atoms with Gasteiger partial charge in [0.1, 0.15) is 10.9 Å². The van der Waals surface area contributed by atoms with E-state index in [0.29, 0.717) is 31.3 Å². The minimum absolute atomic E-state index is 0.0621. The van der Waals surface area contributed by atoms with Crippen molar-refractivity contribution in [3.63, 3.8) is 0 Å². The summed E-state index contributed by atoms with van der Waals surface area (Å²) in [4.78, 5) is 3.09. The quantitative estimate of drug-likeness (QED) is 0.731. The van der Waals surface area contributed by atoms with Gasteiger partial charge in [0.05, 0.1) is 5.56 Å². The summed E-state index contributed by atoms with van der Waals surface area (Å²) in [5.41, 5.74) is -1.78. The first kappa shape index (κ1) is 20.2. The zero-order chi connectivity index (χ0) is 19.8. The van der Waals surface area contributed by atoms with Gasteiger partial charge in [0, 0.05) is 19.4 Å². The summed E-state index contributed by atoms with van der Waals surface area (Å²) in [5, 5.41) is 0. The van der Waals surface area contributed by atoms with Crippen LogP contribution in [0.15, 0.2) is 53.7 Å². The Bertz CT molecular complexity index is 848. The van der Waals surface area contributed by atoms with E-state index in [0.717, 1.165) is 12.3 Å². The van der Waals surface area contributed by atoms with Crippen LogP contribution < -0.4 is 0 Å². The van der Waals surface area contributed by atoms with E-state index in [9.17, 15) is 34.8 Å². The highest BCUT2D eigenvalue weighted by molar-refractivity contribution is 7.89. The van der Waals surface area contributed by atoms with Crippen molar-refractivity contribution in [3.05, 3.63) is 59.9 Å². The van der Waals surface area contributed by atoms with Crippen LogP contribution >= 0.6 is 0 Å². The van der Waals surface area contributed by atoms with Gasteiger partial charge in [0.2, 0.25) is 10.0 Å². The summed E-state index contributed by atoms with van der Waals surface area (Å²) >= 11 is 0. The topological polar surface area (TPSA) is 50.3 Å². The molecule has 1 aromatic heterocycles. The maximum absolute atomic E-state index is 13.5. The molecule has 2 aromatic rings. The average molecular weight is 398 g/mol. The van der Waals surface area contributed by atoms with Crippen molar-refractivity contribution in [2.24, 2.45) is 0 Å². The summed E-state index contributed by atoms with van der Waals surface area (Å²) in [7, 11) is -3.87. The minimum Gasteiger partial charge on any atom is -0.263 e. The molecule has 1 aromatic carbocycles. The smallest absolute Gasteiger partial charge is 0.263 e. The van der Waals surface area contributed by atoms with Gasteiger partial charge in [-0.15, -0.1) is 0 Å². The molecule has 0 N–H and O–H groups in total. The molecule has 1 heterocycles. The second-order valence-electron chi connectivity index (χ2n) is 5.27. The third-order valence-electron chi connectivity index (χ3n) is 3.54. The van der Waals surface area contributed by atoms with E-state index in [1.54, 1.807) is 0 Å². The van der Waals surface area contributed by atoms with Gasteiger partial charge in [-0.2, -0.15) is 30.6 Å². The molecule has 0 aliphatic rings. The summed E-state index contributed by atoms with van der Waals surface area (Å²) in [6.45, 7) is 0. The Morgan fingerprint density at radius 1 is 1.00 bits per heavy atom. The monoisotopic (exact) mass is 398 g/mol. The van der Waals surface area contributed by atoms with Gasteiger partial charge in [0.15, 0.2) is 0 Å². The van der Waals surface area contributed by atoms with Crippen molar-refractivity contribution < 1.29 is 34.8 Å². The van der Waals surface area contributed by atoms with Crippen LogP contribution in [0.1, 0.15) is 17.2 Å². The lowest BCUT2D eigenvalue weighted by Crippen LogP contribution is -2.39. The Hall–Kier alpha value is -2.14. The number of alkyl halides is 6. The molecular weight excluding hydrogens is 386 g/mol. The maximum atomic E-state index is 13.5. The molecule has 2 rings (SSSR count). The van der Waals surface area contributed by atoms with Crippen LogP contribution in [-0.4, -0.2) is 30.9 Å². The highest BCUT2D eigenvalue weighted by Crippen LogP contribution is 2.40. The molecule has 4 nitrogen and oxygen atoms in total. The fraction of sp³-hybridized carbons (Fsp3) is 0.267. The molecule has 1 atom stereocenters. The van der Waals surface area contributed by atoms with Crippen LogP contribution in [-0.2, 0) is 16.2 Å². The van der Waals surface area contributed by atoms with Gasteiger partial charge in [-0.25, -0.2) is 8.42 Å². The molecule has 0 spiro atoms. The molecule has 0 aliphatic carbocycles. The normalized spacial score (nSPS) is 14.5. The zero-order valence-corrected chi connectivity index (χ0v) is 13.9. The van der Waals surface area contributed by atoms with Gasteiger partial charge in [-0.3, -0.25) is 4.98 Å². The van der Waals surface area contributed by atoms with Crippen molar-refractivity contribution in [3.8, 4) is 0 Å². The van der Waals surface area contributed by atoms with Crippen LogP contribution in [0.5, 0.6) is 0 Å². The lowest BCUT2D eigenvalue weighted by Gasteiger charge is -2.29. The van der Waals surface area contributed by atoms with E-state index in [1.807, 2.05) is 0 Å². The highest BCUT2D eigenvalue weighted by Gasteiger charge is 2.48. The number of hydrogen-bond donors (Lipinski definition) is 0. The fourth-order valence-corrected chi connectivity index (χ4v) is 3.56. The number of sulfonamides is 1. The summed E-state index contributed by atoms with van der Waals surface area (Å²) in [6, 6.07) is 1.81. The molecule has 1 unspecified atom stereocenters. The van der Waals surface area contributed by atoms with Crippen LogP contribution in [0.3, 0.4) is 0 Å². The SMILES string of the molecule is CN(C(c1ccc(C(F)(F)F)cc1)C(F)(F)F)S(=O)(=O)c1cccnc1. The third-order valence-corrected chi connectivity index (χ3v) is 5.35. The molecule has 0 saturated heterocycles. The lowest BCUT2D eigenvalue weighted by molar-refractivity contribution is -0.171. The zero-order valence-electron chi connectivity index (χ0n) is 13.1. The number of aromatic nitrogens is 1. The molecule has 0 aliphatic heterocycles. The Morgan fingerprint density at radius 2 is 1.58 bits per heavy atom. The molecule has 11 heteroatoms. The second kappa shape index (κ2) is 6.88. The van der Waals surface area contributed by atoms with Crippen molar-refractivity contribution in [2.45, 2.75) is 23.3 Å². The predicted molar refractivity (Wildman–Crippen MR) is 79.4 cm³/mol. The lowest BCUT2D eigenvalue weighted by atomic mass is 10.0. The molecule has 0 bridgehead atoms. The molecule has 0 fully saturated rings. The molecular formula is C15H12F6N2O2S. The van der Waals surface area contributed by atoms with Gasteiger partial charge >= 0.3 is 12.4 Å². The highest BCUT2D eigenvalue weighted by atomic mass is 32.2. The first-order valence-electron chi connectivity index (χ1n) is 6.97. The van der Waals surface area contributed by atoms with Crippen molar-refractivity contribution >= 4 is 10.0 Å². The van der Waals surface area contributed by atoms with Crippen LogP contribution in [0.2, 0.25) is 0 Å². The average Bonchev–Trinajstić information content (AvgIpc) is 2.54. The first-order valence-corrected chi connectivity index (χ1v) is 8.41. The van der Waals surface area contributed by atoms with E-state index in [-0.39, 0.29) is 4.31 Å². The predicted octanol–water partition coefficient (Wildman–Crippen LogP) is 4.02. The maximum Gasteiger partial charge on any atom is 0.416 e. The minimum atomic E-state index is -5.05. The number of rotatable bonds is 4. The fourth-order valence-electron chi connectivity index (χ4n) is 2.26. The summed E-state index contributed by atoms with van der Waals surface area (Å²) in [6.07, 6.45) is -7.65. The van der Waals surface area contributed by atoms with E-state index in [4.69, 9.17) is 0 Å². The number of hydrogen-bond acceptors (Lipinski definition) is 3. The van der Waals surface area contributed by atoms with Crippen LogP contribution in [0, 0.1) is 0 Å². The van der Waals surface area contributed by atoms with Crippen LogP contribution in [0.25, 0.3) is 0 Å². The standard InChI is InChI=1S/C15H12F6N2O2S/c1-23(26(24,25)12-3-2-8-22-9-12)13(15(19,20)21)10-4-6-11(7-5-10)14(16,17)18/h2-9,13H,1H3. The molecule has 26 heavy (non-hydrogen) atoms. The van der Waals surface area contributed by atoms with E-state index in [2.05, 4.69) is 4.98 Å². The Morgan fingerprint density at radius 3 is 2.00 bits per heavy atom. The summed E-state index contributed by atoms with van der Waals surface area (Å²) in [5.74, 6) is 0. The molecule has 0 amide bonds. The summed E-state index contributed by atoms with van der Waals surface area (Å²) < 4.78 is 103. The third kappa shape index (κ3) is 4.15. The number of benzene rings is 1. The van der Waals surface area contributed by atoms with E-state index >= 15 is 0 Å². The number of nitrogens with zero attached hydrogens (tertiary/aromatic N) is 2. The largest absolute Gasteiger partial charge is 0.416 e. The number of halogens is 6. The first-order chi connectivity index (χ1) is 11.8. The van der Waals surface area contributed by atoms with Crippen molar-refractivity contribution in [1.29, 1.82) is 0 Å². The van der Waals surface area contributed by atoms with Gasteiger partial charge in [0.25, 0.3) is 0 Å². The van der Waals surface area contributed by atoms with Gasteiger partial charge < -0.3 is 0 Å². The molecule has 0 radical (unpaired) electrons. The van der Waals surface area contributed by atoms with E-state index in [1.165, 1.54) is 12.3 Å². The van der Waals surface area contributed by atoms with Crippen molar-refractivity contribution in [1.82, 2.24) is 9.29 Å². The second-order valence-corrected chi connectivity index (χ2v) is 7.27. The van der Waals surface area contributed by atoms with Crippen molar-refractivity contribution in [2.75, 3.05) is 7.05 Å². The van der Waals surface area contributed by atoms with Crippen LogP contribution in [0.4, 0.5) is 26.3 Å². The number of pyridine rings is 1. The Balaban J connectivity index is 2.49.